The van der Waals surface area contributed by atoms with Crippen LogP contribution in [0.25, 0.3) is 0 Å². The van der Waals surface area contributed by atoms with Crippen molar-refractivity contribution in [2.45, 2.75) is 70.8 Å². The molecule has 2 atom stereocenters. The van der Waals surface area contributed by atoms with Crippen molar-refractivity contribution in [3.63, 3.8) is 0 Å². The zero-order valence-corrected chi connectivity index (χ0v) is 13.8. The molecule has 0 aliphatic heterocycles. The van der Waals surface area contributed by atoms with Gasteiger partial charge in [0.2, 0.25) is 0 Å². The van der Waals surface area contributed by atoms with Crippen molar-refractivity contribution >= 4 is 0 Å². The number of hydrogen-bond acceptors (Lipinski definition) is 2. The maximum atomic E-state index is 11.0. The molecule has 1 aromatic rings. The van der Waals surface area contributed by atoms with Gasteiger partial charge in [-0.2, -0.15) is 0 Å². The number of aryl methyl sites for hydroxylation is 1. The van der Waals surface area contributed by atoms with E-state index in [1.165, 1.54) is 36.8 Å². The van der Waals surface area contributed by atoms with Gasteiger partial charge >= 0.3 is 0 Å². The number of ether oxygens (including phenoxy) is 1. The second-order valence-electron chi connectivity index (χ2n) is 6.66. The Kier molecular flexibility index (Phi) is 5.69. The Labute approximate surface area is 129 Å². The second kappa shape index (κ2) is 7.31. The number of rotatable bonds is 7. The summed E-state index contributed by atoms with van der Waals surface area (Å²) in [6.45, 7) is 4.49. The normalized spacial score (nSPS) is 22.7. The van der Waals surface area contributed by atoms with Crippen LogP contribution in [0.2, 0.25) is 0 Å². The first kappa shape index (κ1) is 16.4. The average molecular weight is 290 g/mol. The summed E-state index contributed by atoms with van der Waals surface area (Å²) >= 11 is 0. The summed E-state index contributed by atoms with van der Waals surface area (Å²) < 4.78 is 5.32. The summed E-state index contributed by atoms with van der Waals surface area (Å²) in [6.07, 6.45) is 8.55. The Morgan fingerprint density at radius 1 is 1.29 bits per heavy atom. The monoisotopic (exact) mass is 290 g/mol. The Balaban J connectivity index is 2.06. The smallest absolute Gasteiger partial charge is 0.119 e. The zero-order chi connectivity index (χ0) is 15.3. The molecule has 2 unspecified atom stereocenters. The van der Waals surface area contributed by atoms with Gasteiger partial charge in [0.1, 0.15) is 5.75 Å². The third-order valence-corrected chi connectivity index (χ3v) is 5.00. The summed E-state index contributed by atoms with van der Waals surface area (Å²) in [5.41, 5.74) is 2.13. The molecule has 1 aromatic carbocycles. The Hall–Kier alpha value is -1.02. The van der Waals surface area contributed by atoms with Crippen molar-refractivity contribution < 1.29 is 9.84 Å². The van der Waals surface area contributed by atoms with Crippen LogP contribution in [0, 0.1) is 5.92 Å². The lowest BCUT2D eigenvalue weighted by atomic mass is 9.74. The molecule has 1 N–H and O–H groups in total. The topological polar surface area (TPSA) is 29.5 Å². The van der Waals surface area contributed by atoms with Crippen LogP contribution in [0.1, 0.15) is 63.5 Å². The SMILES string of the molecule is CCCCC(CC)CC1(O)CCc2ccc(OC)cc2C1. The van der Waals surface area contributed by atoms with E-state index in [9.17, 15) is 5.11 Å². The minimum absolute atomic E-state index is 0.520. The molecule has 0 aromatic heterocycles. The van der Waals surface area contributed by atoms with Crippen molar-refractivity contribution in [1.29, 1.82) is 0 Å². The fourth-order valence-electron chi connectivity index (χ4n) is 3.60. The highest BCUT2D eigenvalue weighted by Gasteiger charge is 2.34. The van der Waals surface area contributed by atoms with Gasteiger partial charge in [0.05, 0.1) is 12.7 Å². The molecule has 0 fully saturated rings. The number of methoxy groups -OCH3 is 1. The van der Waals surface area contributed by atoms with E-state index in [-0.39, 0.29) is 0 Å². The molecule has 0 saturated heterocycles. The van der Waals surface area contributed by atoms with Crippen LogP contribution in [0.4, 0.5) is 0 Å². The first-order valence-corrected chi connectivity index (χ1v) is 8.48. The molecule has 1 aliphatic rings. The molecule has 0 saturated carbocycles. The van der Waals surface area contributed by atoms with Crippen molar-refractivity contribution in [3.8, 4) is 5.75 Å². The predicted octanol–water partition coefficient (Wildman–Crippen LogP) is 4.52. The molecule has 0 amide bonds. The third-order valence-electron chi connectivity index (χ3n) is 5.00. The number of aliphatic hydroxyl groups is 1. The lowest BCUT2D eigenvalue weighted by Crippen LogP contribution is -2.37. The van der Waals surface area contributed by atoms with Gasteiger partial charge in [-0.1, -0.05) is 45.6 Å². The summed E-state index contributed by atoms with van der Waals surface area (Å²) in [7, 11) is 1.70. The molecule has 2 rings (SSSR count). The van der Waals surface area contributed by atoms with Gasteiger partial charge < -0.3 is 9.84 Å². The van der Waals surface area contributed by atoms with Gasteiger partial charge in [-0.15, -0.1) is 0 Å². The van der Waals surface area contributed by atoms with E-state index in [4.69, 9.17) is 4.74 Å². The molecule has 0 heterocycles. The fraction of sp³-hybridized carbons (Fsp3) is 0.684. The largest absolute Gasteiger partial charge is 0.497 e. The molecule has 2 heteroatoms. The van der Waals surface area contributed by atoms with E-state index < -0.39 is 5.60 Å². The minimum Gasteiger partial charge on any atom is -0.497 e. The summed E-state index contributed by atoms with van der Waals surface area (Å²) in [4.78, 5) is 0. The fourth-order valence-corrected chi connectivity index (χ4v) is 3.60. The van der Waals surface area contributed by atoms with Crippen molar-refractivity contribution in [2.24, 2.45) is 5.92 Å². The molecule has 0 radical (unpaired) electrons. The van der Waals surface area contributed by atoms with Crippen molar-refractivity contribution in [3.05, 3.63) is 29.3 Å². The van der Waals surface area contributed by atoms with Gasteiger partial charge in [-0.05, 0) is 48.4 Å². The predicted molar refractivity (Wildman–Crippen MR) is 87.9 cm³/mol. The zero-order valence-electron chi connectivity index (χ0n) is 13.8. The average Bonchev–Trinajstić information content (AvgIpc) is 2.50. The Bertz CT molecular complexity index is 455. The number of benzene rings is 1. The van der Waals surface area contributed by atoms with Crippen LogP contribution < -0.4 is 4.74 Å². The number of hydrogen-bond donors (Lipinski definition) is 1. The Morgan fingerprint density at radius 2 is 2.10 bits per heavy atom. The van der Waals surface area contributed by atoms with Crippen molar-refractivity contribution in [1.82, 2.24) is 0 Å². The standard InChI is InChI=1S/C19H30O2/c1-4-6-7-15(5-2)13-19(20)11-10-16-8-9-18(21-3)12-17(16)14-19/h8-9,12,15,20H,4-7,10-11,13-14H2,1-3H3. The number of unbranched alkanes of at least 4 members (excludes halogenated alkanes) is 1. The quantitative estimate of drug-likeness (QED) is 0.800. The maximum Gasteiger partial charge on any atom is 0.119 e. The molecule has 21 heavy (non-hydrogen) atoms. The highest BCUT2D eigenvalue weighted by Crippen LogP contribution is 2.36. The Morgan fingerprint density at radius 3 is 2.76 bits per heavy atom. The molecule has 1 aliphatic carbocycles. The van der Waals surface area contributed by atoms with E-state index >= 15 is 0 Å². The summed E-state index contributed by atoms with van der Waals surface area (Å²) in [6, 6.07) is 6.29. The van der Waals surface area contributed by atoms with Gasteiger partial charge in [-0.25, -0.2) is 0 Å². The van der Waals surface area contributed by atoms with E-state index in [2.05, 4.69) is 26.0 Å². The van der Waals surface area contributed by atoms with Gasteiger partial charge in [-0.3, -0.25) is 0 Å². The molecule has 0 spiro atoms. The van der Waals surface area contributed by atoms with Crippen LogP contribution in [0.15, 0.2) is 18.2 Å². The molecule has 2 nitrogen and oxygen atoms in total. The number of fused-ring (bicyclic) bond motifs is 1. The van der Waals surface area contributed by atoms with E-state index in [1.54, 1.807) is 7.11 Å². The van der Waals surface area contributed by atoms with Crippen LogP contribution in [-0.4, -0.2) is 17.8 Å². The second-order valence-corrected chi connectivity index (χ2v) is 6.66. The lowest BCUT2D eigenvalue weighted by Gasteiger charge is -2.36. The third kappa shape index (κ3) is 4.23. The van der Waals surface area contributed by atoms with Crippen LogP contribution in [0.5, 0.6) is 5.75 Å². The van der Waals surface area contributed by atoms with Crippen LogP contribution >= 0.6 is 0 Å². The highest BCUT2D eigenvalue weighted by atomic mass is 16.5. The summed E-state index contributed by atoms with van der Waals surface area (Å²) in [5.74, 6) is 1.55. The summed E-state index contributed by atoms with van der Waals surface area (Å²) in [5, 5.41) is 11.0. The highest BCUT2D eigenvalue weighted by molar-refractivity contribution is 5.38. The van der Waals surface area contributed by atoms with Crippen LogP contribution in [-0.2, 0) is 12.8 Å². The van der Waals surface area contributed by atoms with E-state index in [0.717, 1.165) is 31.4 Å². The molecule has 118 valence electrons. The minimum atomic E-state index is -0.520. The van der Waals surface area contributed by atoms with Crippen LogP contribution in [0.3, 0.4) is 0 Å². The first-order chi connectivity index (χ1) is 10.1. The van der Waals surface area contributed by atoms with Gasteiger partial charge in [0.15, 0.2) is 0 Å². The lowest BCUT2D eigenvalue weighted by molar-refractivity contribution is 0.000581. The molecule has 0 bridgehead atoms. The van der Waals surface area contributed by atoms with E-state index in [0.29, 0.717) is 5.92 Å². The van der Waals surface area contributed by atoms with Gasteiger partial charge in [0, 0.05) is 6.42 Å². The maximum absolute atomic E-state index is 11.0. The molecular weight excluding hydrogens is 260 g/mol. The van der Waals surface area contributed by atoms with Crippen molar-refractivity contribution in [2.75, 3.05) is 7.11 Å². The van der Waals surface area contributed by atoms with E-state index in [1.807, 2.05) is 6.07 Å². The van der Waals surface area contributed by atoms with Gasteiger partial charge in [0.25, 0.3) is 0 Å². The molecular formula is C19H30O2. The first-order valence-electron chi connectivity index (χ1n) is 8.48.